The Morgan fingerprint density at radius 3 is 2.44 bits per heavy atom. The van der Waals surface area contributed by atoms with E-state index >= 15 is 0 Å². The highest BCUT2D eigenvalue weighted by atomic mass is 16.5. The Morgan fingerprint density at radius 1 is 1.33 bits per heavy atom. The van der Waals surface area contributed by atoms with Crippen LogP contribution in [0.15, 0.2) is 0 Å². The Labute approximate surface area is 113 Å². The highest BCUT2D eigenvalue weighted by Crippen LogP contribution is 2.21. The van der Waals surface area contributed by atoms with E-state index in [2.05, 4.69) is 37.9 Å². The Balaban J connectivity index is 2.25. The number of nitrogens with one attached hydrogen (secondary N) is 1. The summed E-state index contributed by atoms with van der Waals surface area (Å²) in [6.45, 7) is 13.6. The minimum Gasteiger partial charge on any atom is -0.377 e. The maximum atomic E-state index is 5.45. The number of nitrogens with zero attached hydrogens (tertiary/aromatic N) is 1. The van der Waals surface area contributed by atoms with Gasteiger partial charge in [0.25, 0.3) is 0 Å². The summed E-state index contributed by atoms with van der Waals surface area (Å²) in [5.41, 5.74) is -0.0584. The van der Waals surface area contributed by atoms with E-state index in [1.54, 1.807) is 7.11 Å². The number of ether oxygens (including phenoxy) is 1. The van der Waals surface area contributed by atoms with Crippen LogP contribution >= 0.6 is 0 Å². The molecule has 0 spiro atoms. The molecule has 1 unspecified atom stereocenters. The molecule has 1 atom stereocenters. The van der Waals surface area contributed by atoms with Crippen LogP contribution in [-0.2, 0) is 4.74 Å². The Hall–Kier alpha value is -0.120. The van der Waals surface area contributed by atoms with E-state index < -0.39 is 0 Å². The van der Waals surface area contributed by atoms with E-state index in [1.807, 2.05) is 0 Å². The molecule has 3 heteroatoms. The second-order valence-corrected chi connectivity index (χ2v) is 6.31. The van der Waals surface area contributed by atoms with Crippen LogP contribution in [0.3, 0.4) is 0 Å². The average molecular weight is 256 g/mol. The Bertz CT molecular complexity index is 223. The Morgan fingerprint density at radius 2 is 1.94 bits per heavy atom. The first-order chi connectivity index (χ1) is 8.48. The maximum absolute atomic E-state index is 5.45. The lowest BCUT2D eigenvalue weighted by atomic mass is 9.90. The van der Waals surface area contributed by atoms with Crippen molar-refractivity contribution >= 4 is 0 Å². The fraction of sp³-hybridized carbons (Fsp3) is 1.00. The van der Waals surface area contributed by atoms with Gasteiger partial charge in [0.2, 0.25) is 0 Å². The van der Waals surface area contributed by atoms with Crippen LogP contribution in [-0.4, -0.2) is 49.8 Å². The van der Waals surface area contributed by atoms with Gasteiger partial charge in [-0.3, -0.25) is 0 Å². The zero-order chi connectivity index (χ0) is 13.6. The standard InChI is InChI=1S/C15H32N2O/c1-6-9-17-10-7-14(8-11-17)13(2)16-12-15(3,4)18-5/h13-14,16H,6-12H2,1-5H3. The van der Waals surface area contributed by atoms with Gasteiger partial charge in [-0.05, 0) is 65.6 Å². The van der Waals surface area contributed by atoms with Crippen molar-refractivity contribution in [3.05, 3.63) is 0 Å². The molecule has 0 aromatic carbocycles. The molecule has 1 rings (SSSR count). The summed E-state index contributed by atoms with van der Waals surface area (Å²) >= 11 is 0. The fourth-order valence-corrected chi connectivity index (χ4v) is 2.64. The number of rotatable bonds is 7. The highest BCUT2D eigenvalue weighted by Gasteiger charge is 2.25. The third-order valence-electron chi connectivity index (χ3n) is 4.28. The van der Waals surface area contributed by atoms with Crippen molar-refractivity contribution in [2.75, 3.05) is 33.3 Å². The molecule has 0 aliphatic carbocycles. The summed E-state index contributed by atoms with van der Waals surface area (Å²) in [4.78, 5) is 2.60. The van der Waals surface area contributed by atoms with Gasteiger partial charge in [-0.25, -0.2) is 0 Å². The molecule has 1 saturated heterocycles. The number of likely N-dealkylation sites (tertiary alicyclic amines) is 1. The molecule has 3 nitrogen and oxygen atoms in total. The van der Waals surface area contributed by atoms with E-state index in [4.69, 9.17) is 4.74 Å². The number of piperidine rings is 1. The highest BCUT2D eigenvalue weighted by molar-refractivity contribution is 4.82. The summed E-state index contributed by atoms with van der Waals surface area (Å²) in [5.74, 6) is 0.825. The molecule has 0 aromatic rings. The van der Waals surface area contributed by atoms with Crippen molar-refractivity contribution in [3.63, 3.8) is 0 Å². The smallest absolute Gasteiger partial charge is 0.0746 e. The zero-order valence-corrected chi connectivity index (χ0v) is 13.0. The zero-order valence-electron chi connectivity index (χ0n) is 13.0. The first-order valence-electron chi connectivity index (χ1n) is 7.49. The number of hydrogen-bond acceptors (Lipinski definition) is 3. The summed E-state index contributed by atoms with van der Waals surface area (Å²) < 4.78 is 5.45. The topological polar surface area (TPSA) is 24.5 Å². The van der Waals surface area contributed by atoms with Crippen molar-refractivity contribution in [3.8, 4) is 0 Å². The number of hydrogen-bond donors (Lipinski definition) is 1. The van der Waals surface area contributed by atoms with Crippen LogP contribution in [0.2, 0.25) is 0 Å². The molecule has 18 heavy (non-hydrogen) atoms. The van der Waals surface area contributed by atoms with Crippen LogP contribution in [0.25, 0.3) is 0 Å². The van der Waals surface area contributed by atoms with Crippen molar-refractivity contribution in [2.45, 2.75) is 58.6 Å². The minimum atomic E-state index is -0.0584. The average Bonchev–Trinajstić information content (AvgIpc) is 2.37. The molecule has 1 N–H and O–H groups in total. The van der Waals surface area contributed by atoms with Crippen LogP contribution < -0.4 is 5.32 Å². The van der Waals surface area contributed by atoms with Gasteiger partial charge in [0.15, 0.2) is 0 Å². The minimum absolute atomic E-state index is 0.0584. The second kappa shape index (κ2) is 7.46. The third-order valence-corrected chi connectivity index (χ3v) is 4.28. The second-order valence-electron chi connectivity index (χ2n) is 6.31. The van der Waals surface area contributed by atoms with E-state index in [0.717, 1.165) is 12.5 Å². The molecular weight excluding hydrogens is 224 g/mol. The van der Waals surface area contributed by atoms with E-state index in [-0.39, 0.29) is 5.60 Å². The van der Waals surface area contributed by atoms with Gasteiger partial charge in [0.1, 0.15) is 0 Å². The van der Waals surface area contributed by atoms with Gasteiger partial charge >= 0.3 is 0 Å². The van der Waals surface area contributed by atoms with Gasteiger partial charge in [0, 0.05) is 19.7 Å². The lowest BCUT2D eigenvalue weighted by Gasteiger charge is -2.36. The van der Waals surface area contributed by atoms with Crippen LogP contribution in [0, 0.1) is 5.92 Å². The van der Waals surface area contributed by atoms with Crippen LogP contribution in [0.4, 0.5) is 0 Å². The molecule has 108 valence electrons. The molecule has 0 bridgehead atoms. The first-order valence-corrected chi connectivity index (χ1v) is 7.49. The van der Waals surface area contributed by atoms with E-state index in [9.17, 15) is 0 Å². The van der Waals surface area contributed by atoms with Crippen molar-refractivity contribution < 1.29 is 4.74 Å². The third kappa shape index (κ3) is 5.25. The fourth-order valence-electron chi connectivity index (χ4n) is 2.64. The molecule has 1 heterocycles. The number of methoxy groups -OCH3 is 1. The largest absolute Gasteiger partial charge is 0.377 e. The van der Waals surface area contributed by atoms with E-state index in [1.165, 1.54) is 38.9 Å². The van der Waals surface area contributed by atoms with Gasteiger partial charge in [-0.2, -0.15) is 0 Å². The molecule has 1 aliphatic rings. The quantitative estimate of drug-likeness (QED) is 0.757. The molecule has 0 amide bonds. The Kier molecular flexibility index (Phi) is 6.61. The van der Waals surface area contributed by atoms with Gasteiger partial charge in [-0.15, -0.1) is 0 Å². The molecule has 0 aromatic heterocycles. The maximum Gasteiger partial charge on any atom is 0.0746 e. The summed E-state index contributed by atoms with van der Waals surface area (Å²) in [6.07, 6.45) is 3.95. The van der Waals surface area contributed by atoms with Crippen LogP contribution in [0.1, 0.15) is 47.0 Å². The SMILES string of the molecule is CCCN1CCC(C(C)NCC(C)(C)OC)CC1. The van der Waals surface area contributed by atoms with Crippen molar-refractivity contribution in [1.29, 1.82) is 0 Å². The predicted molar refractivity (Wildman–Crippen MR) is 78.0 cm³/mol. The predicted octanol–water partition coefficient (Wildman–Crippen LogP) is 2.51. The first kappa shape index (κ1) is 15.9. The molecule has 1 fully saturated rings. The van der Waals surface area contributed by atoms with Crippen molar-refractivity contribution in [1.82, 2.24) is 10.2 Å². The van der Waals surface area contributed by atoms with Gasteiger partial charge < -0.3 is 15.0 Å². The molecular formula is C15H32N2O. The van der Waals surface area contributed by atoms with Crippen molar-refractivity contribution in [2.24, 2.45) is 5.92 Å². The van der Waals surface area contributed by atoms with E-state index in [0.29, 0.717) is 6.04 Å². The van der Waals surface area contributed by atoms with Gasteiger partial charge in [0.05, 0.1) is 5.60 Å². The normalized spacial score (nSPS) is 21.2. The lowest BCUT2D eigenvalue weighted by Crippen LogP contribution is -2.46. The lowest BCUT2D eigenvalue weighted by molar-refractivity contribution is 0.0186. The monoisotopic (exact) mass is 256 g/mol. The molecule has 1 aliphatic heterocycles. The molecule has 0 radical (unpaired) electrons. The van der Waals surface area contributed by atoms with Crippen LogP contribution in [0.5, 0.6) is 0 Å². The molecule has 0 saturated carbocycles. The summed E-state index contributed by atoms with van der Waals surface area (Å²) in [5, 5.41) is 3.65. The summed E-state index contributed by atoms with van der Waals surface area (Å²) in [7, 11) is 1.79. The van der Waals surface area contributed by atoms with Gasteiger partial charge in [-0.1, -0.05) is 6.92 Å². The summed E-state index contributed by atoms with van der Waals surface area (Å²) in [6, 6.07) is 0.600.